The molecule has 1 unspecified atom stereocenters. The highest BCUT2D eigenvalue weighted by atomic mass is 16.6. The topological polar surface area (TPSA) is 113 Å². The molecule has 7 nitrogen and oxygen atoms in total. The van der Waals surface area contributed by atoms with Gasteiger partial charge in [-0.25, -0.2) is 4.79 Å². The molecule has 4 aliphatic carbocycles. The van der Waals surface area contributed by atoms with Crippen LogP contribution in [0.2, 0.25) is 0 Å². The minimum Gasteiger partial charge on any atom is -0.456 e. The standard InChI is InChI=1S/C32H56O7/c1-9-23(8)25(34)38-16-24(33)39-29-20-26(30(35,10-2)11-3)17-27(21-29,31(36,12-4)13-5)19-28(18-26,22-29)32(37,14-6)15-7/h23,35-37H,9-22H2,1-8H3. The van der Waals surface area contributed by atoms with Gasteiger partial charge >= 0.3 is 11.9 Å². The van der Waals surface area contributed by atoms with Crippen LogP contribution < -0.4 is 0 Å². The van der Waals surface area contributed by atoms with E-state index in [-0.39, 0.29) is 5.92 Å². The van der Waals surface area contributed by atoms with Crippen LogP contribution in [0.25, 0.3) is 0 Å². The Hall–Kier alpha value is -1.18. The van der Waals surface area contributed by atoms with Crippen molar-refractivity contribution in [2.45, 2.75) is 161 Å². The Bertz CT molecular complexity index is 807. The summed E-state index contributed by atoms with van der Waals surface area (Å²) in [6, 6.07) is 0. The van der Waals surface area contributed by atoms with Gasteiger partial charge in [0.1, 0.15) is 5.60 Å². The van der Waals surface area contributed by atoms with E-state index in [4.69, 9.17) is 9.47 Å². The van der Waals surface area contributed by atoms with E-state index in [2.05, 4.69) is 0 Å². The summed E-state index contributed by atoms with van der Waals surface area (Å²) < 4.78 is 11.7. The van der Waals surface area contributed by atoms with Crippen LogP contribution in [-0.2, 0) is 19.1 Å². The number of carbonyl (C=O) groups excluding carboxylic acids is 2. The first-order valence-corrected chi connectivity index (χ1v) is 15.7. The number of hydrogen-bond donors (Lipinski definition) is 3. The Morgan fingerprint density at radius 1 is 0.667 bits per heavy atom. The summed E-state index contributed by atoms with van der Waals surface area (Å²) in [4.78, 5) is 25.6. The van der Waals surface area contributed by atoms with Gasteiger partial charge in [-0.15, -0.1) is 0 Å². The monoisotopic (exact) mass is 552 g/mol. The second kappa shape index (κ2) is 10.9. The lowest BCUT2D eigenvalue weighted by atomic mass is 9.30. The Kier molecular flexibility index (Phi) is 9.04. The number of esters is 2. The molecule has 0 spiro atoms. The molecule has 0 aromatic rings. The molecule has 4 fully saturated rings. The maximum atomic E-state index is 13.3. The van der Waals surface area contributed by atoms with Crippen LogP contribution in [0, 0.1) is 22.2 Å². The summed E-state index contributed by atoms with van der Waals surface area (Å²) in [5, 5.41) is 36.9. The lowest BCUT2D eigenvalue weighted by Gasteiger charge is -2.77. The normalized spacial score (nSPS) is 33.2. The van der Waals surface area contributed by atoms with Gasteiger partial charge in [0.25, 0.3) is 0 Å². The third kappa shape index (κ3) is 4.86. The quantitative estimate of drug-likeness (QED) is 0.232. The fourth-order valence-electron chi connectivity index (χ4n) is 9.84. The first-order valence-electron chi connectivity index (χ1n) is 15.7. The van der Waals surface area contributed by atoms with Crippen LogP contribution in [0.4, 0.5) is 0 Å². The Morgan fingerprint density at radius 2 is 1.00 bits per heavy atom. The second-order valence-electron chi connectivity index (χ2n) is 13.7. The Balaban J connectivity index is 2.18. The summed E-state index contributed by atoms with van der Waals surface area (Å²) in [5.74, 6) is -1.32. The largest absolute Gasteiger partial charge is 0.456 e. The highest BCUT2D eigenvalue weighted by Gasteiger charge is 2.78. The van der Waals surface area contributed by atoms with Crippen molar-refractivity contribution in [2.24, 2.45) is 22.2 Å². The maximum Gasteiger partial charge on any atom is 0.344 e. The number of aliphatic hydroxyl groups is 3. The van der Waals surface area contributed by atoms with E-state index in [1.807, 2.05) is 48.5 Å². The van der Waals surface area contributed by atoms with Crippen molar-refractivity contribution in [3.05, 3.63) is 0 Å². The number of ether oxygens (including phenoxy) is 2. The van der Waals surface area contributed by atoms with Gasteiger partial charge in [-0.2, -0.15) is 0 Å². The van der Waals surface area contributed by atoms with Crippen LogP contribution in [0.1, 0.15) is 139 Å². The molecule has 0 heterocycles. The van der Waals surface area contributed by atoms with Gasteiger partial charge in [-0.1, -0.05) is 55.4 Å². The van der Waals surface area contributed by atoms with Crippen molar-refractivity contribution in [2.75, 3.05) is 6.61 Å². The van der Waals surface area contributed by atoms with Gasteiger partial charge in [0.2, 0.25) is 0 Å². The summed E-state index contributed by atoms with van der Waals surface area (Å²) in [6.07, 6.45) is 7.26. The van der Waals surface area contributed by atoms with E-state index < -0.39 is 57.2 Å². The minimum atomic E-state index is -1.03. The molecular formula is C32H56O7. The maximum absolute atomic E-state index is 13.3. The van der Waals surface area contributed by atoms with Crippen molar-refractivity contribution in [3.63, 3.8) is 0 Å². The fraction of sp³-hybridized carbons (Fsp3) is 0.938. The molecule has 4 bridgehead atoms. The zero-order chi connectivity index (χ0) is 29.5. The molecule has 226 valence electrons. The van der Waals surface area contributed by atoms with E-state index in [1.54, 1.807) is 6.92 Å². The van der Waals surface area contributed by atoms with Gasteiger partial charge in [-0.3, -0.25) is 4.79 Å². The summed E-state index contributed by atoms with van der Waals surface area (Å²) in [5.41, 5.74) is -5.95. The van der Waals surface area contributed by atoms with Crippen LogP contribution >= 0.6 is 0 Å². The molecule has 0 aliphatic heterocycles. The lowest BCUT2D eigenvalue weighted by molar-refractivity contribution is -0.345. The highest BCUT2D eigenvalue weighted by molar-refractivity contribution is 5.77. The van der Waals surface area contributed by atoms with Crippen LogP contribution in [0.15, 0.2) is 0 Å². The molecule has 0 aromatic heterocycles. The molecular weight excluding hydrogens is 496 g/mol. The number of hydrogen-bond acceptors (Lipinski definition) is 7. The molecule has 0 radical (unpaired) electrons. The van der Waals surface area contributed by atoms with Crippen molar-refractivity contribution in [1.82, 2.24) is 0 Å². The molecule has 39 heavy (non-hydrogen) atoms. The van der Waals surface area contributed by atoms with Crippen molar-refractivity contribution in [3.8, 4) is 0 Å². The van der Waals surface area contributed by atoms with Crippen molar-refractivity contribution in [1.29, 1.82) is 0 Å². The first kappa shape index (κ1) is 32.3. The third-order valence-corrected chi connectivity index (χ3v) is 12.2. The van der Waals surface area contributed by atoms with Crippen molar-refractivity contribution < 1.29 is 34.4 Å². The predicted octanol–water partition coefficient (Wildman–Crippen LogP) is 5.85. The predicted molar refractivity (Wildman–Crippen MR) is 151 cm³/mol. The molecule has 4 aliphatic rings. The summed E-state index contributed by atoms with van der Waals surface area (Å²) >= 11 is 0. The highest BCUT2D eigenvalue weighted by Crippen LogP contribution is 2.79. The third-order valence-electron chi connectivity index (χ3n) is 12.2. The molecule has 7 heteroatoms. The summed E-state index contributed by atoms with van der Waals surface area (Å²) in [6.45, 7) is 15.2. The fourth-order valence-corrected chi connectivity index (χ4v) is 9.84. The van der Waals surface area contributed by atoms with Gasteiger partial charge in [0.15, 0.2) is 6.61 Å². The second-order valence-corrected chi connectivity index (χ2v) is 13.7. The summed E-state index contributed by atoms with van der Waals surface area (Å²) in [7, 11) is 0. The average molecular weight is 553 g/mol. The van der Waals surface area contributed by atoms with E-state index in [1.165, 1.54) is 0 Å². The van der Waals surface area contributed by atoms with Crippen LogP contribution in [-0.4, -0.2) is 56.3 Å². The van der Waals surface area contributed by atoms with Crippen LogP contribution in [0.5, 0.6) is 0 Å². The zero-order valence-corrected chi connectivity index (χ0v) is 26.0. The molecule has 1 atom stereocenters. The molecule has 0 saturated heterocycles. The van der Waals surface area contributed by atoms with Crippen LogP contribution in [0.3, 0.4) is 0 Å². The van der Waals surface area contributed by atoms with Gasteiger partial charge < -0.3 is 24.8 Å². The van der Waals surface area contributed by atoms with Gasteiger partial charge in [-0.05, 0) is 83.5 Å². The Morgan fingerprint density at radius 3 is 1.28 bits per heavy atom. The lowest BCUT2D eigenvalue weighted by Crippen LogP contribution is -2.77. The van der Waals surface area contributed by atoms with E-state index in [9.17, 15) is 24.9 Å². The van der Waals surface area contributed by atoms with E-state index >= 15 is 0 Å². The van der Waals surface area contributed by atoms with E-state index in [0.29, 0.717) is 83.5 Å². The van der Waals surface area contributed by atoms with Crippen molar-refractivity contribution >= 4 is 11.9 Å². The molecule has 0 amide bonds. The van der Waals surface area contributed by atoms with E-state index in [0.717, 1.165) is 0 Å². The smallest absolute Gasteiger partial charge is 0.344 e. The number of rotatable bonds is 14. The molecule has 3 N–H and O–H groups in total. The average Bonchev–Trinajstić information content (AvgIpc) is 2.92. The number of carbonyl (C=O) groups is 2. The Labute approximate surface area is 236 Å². The molecule has 4 rings (SSSR count). The zero-order valence-electron chi connectivity index (χ0n) is 26.0. The van der Waals surface area contributed by atoms with Gasteiger partial charge in [0.05, 0.1) is 22.7 Å². The molecule has 0 aromatic carbocycles. The SMILES string of the molecule is CCC(C)C(=O)OCC(=O)OC12CC3(C(O)(CC)CC)CC(C(O)(CC)CC)(C1)CC(C(O)(CC)CC)(C2)C3. The molecule has 4 saturated carbocycles. The van der Waals surface area contributed by atoms with Gasteiger partial charge in [0, 0.05) is 16.2 Å². The minimum absolute atomic E-state index is 0.301. The first-order chi connectivity index (χ1) is 18.1.